The van der Waals surface area contributed by atoms with Gasteiger partial charge in [0.2, 0.25) is 5.78 Å². The first-order chi connectivity index (χ1) is 8.74. The number of aromatic nitrogens is 2. The van der Waals surface area contributed by atoms with Crippen LogP contribution in [0.2, 0.25) is 0 Å². The van der Waals surface area contributed by atoms with Crippen LogP contribution < -0.4 is 0 Å². The fourth-order valence-electron chi connectivity index (χ4n) is 1.55. The SMILES string of the molecule is CCOC(=O)c1[nH]cnc1C(=O)c1ccccc1. The minimum absolute atomic E-state index is 0.0830. The molecule has 1 aromatic carbocycles. The standard InChI is InChI=1S/C13H12N2O3/c1-2-18-13(17)11-10(14-8-15-11)12(16)9-6-4-3-5-7-9/h3-8H,2H2,1H3,(H,14,15). The lowest BCUT2D eigenvalue weighted by molar-refractivity contribution is 0.0517. The van der Waals surface area contributed by atoms with Crippen molar-refractivity contribution < 1.29 is 14.3 Å². The molecule has 1 heterocycles. The quantitative estimate of drug-likeness (QED) is 0.657. The van der Waals surface area contributed by atoms with Gasteiger partial charge in [-0.1, -0.05) is 30.3 Å². The van der Waals surface area contributed by atoms with Crippen LogP contribution in [0.3, 0.4) is 0 Å². The minimum atomic E-state index is -0.575. The van der Waals surface area contributed by atoms with Gasteiger partial charge >= 0.3 is 5.97 Å². The van der Waals surface area contributed by atoms with Crippen LogP contribution in [-0.2, 0) is 4.74 Å². The highest BCUT2D eigenvalue weighted by Crippen LogP contribution is 2.11. The van der Waals surface area contributed by atoms with Gasteiger partial charge in [0.05, 0.1) is 12.9 Å². The molecule has 5 heteroatoms. The van der Waals surface area contributed by atoms with Gasteiger partial charge in [0.1, 0.15) is 5.69 Å². The highest BCUT2D eigenvalue weighted by Gasteiger charge is 2.21. The van der Waals surface area contributed by atoms with Crippen molar-refractivity contribution in [3.63, 3.8) is 0 Å². The summed E-state index contributed by atoms with van der Waals surface area (Å²) in [5.41, 5.74) is 0.653. The fourth-order valence-corrected chi connectivity index (χ4v) is 1.55. The zero-order valence-electron chi connectivity index (χ0n) is 9.84. The van der Waals surface area contributed by atoms with Crippen LogP contribution in [-0.4, -0.2) is 28.3 Å². The van der Waals surface area contributed by atoms with Gasteiger partial charge in [0.25, 0.3) is 0 Å². The summed E-state index contributed by atoms with van der Waals surface area (Å²) in [5, 5.41) is 0. The highest BCUT2D eigenvalue weighted by molar-refractivity contribution is 6.12. The molecule has 0 saturated heterocycles. The molecular formula is C13H12N2O3. The summed E-state index contributed by atoms with van der Waals surface area (Å²) in [6.45, 7) is 1.95. The van der Waals surface area contributed by atoms with E-state index in [0.717, 1.165) is 0 Å². The Morgan fingerprint density at radius 3 is 2.67 bits per heavy atom. The Labute approximate surface area is 104 Å². The lowest BCUT2D eigenvalue weighted by atomic mass is 10.1. The lowest BCUT2D eigenvalue weighted by Crippen LogP contribution is -2.12. The van der Waals surface area contributed by atoms with E-state index in [1.54, 1.807) is 31.2 Å². The third-order valence-corrected chi connectivity index (χ3v) is 2.37. The number of rotatable bonds is 4. The Balaban J connectivity index is 2.32. The van der Waals surface area contributed by atoms with Crippen molar-refractivity contribution in [3.8, 4) is 0 Å². The van der Waals surface area contributed by atoms with Crippen LogP contribution in [0.15, 0.2) is 36.7 Å². The van der Waals surface area contributed by atoms with Crippen LogP contribution in [0.1, 0.15) is 33.5 Å². The number of ketones is 1. The molecule has 0 amide bonds. The Bertz CT molecular complexity index is 561. The van der Waals surface area contributed by atoms with Crippen molar-refractivity contribution in [2.75, 3.05) is 6.61 Å². The summed E-state index contributed by atoms with van der Waals surface area (Å²) in [5.74, 6) is -0.880. The maximum Gasteiger partial charge on any atom is 0.357 e. The van der Waals surface area contributed by atoms with Crippen molar-refractivity contribution in [2.24, 2.45) is 0 Å². The lowest BCUT2D eigenvalue weighted by Gasteiger charge is -2.02. The maximum atomic E-state index is 12.1. The van der Waals surface area contributed by atoms with E-state index in [2.05, 4.69) is 9.97 Å². The molecule has 0 radical (unpaired) electrons. The Hall–Kier alpha value is -2.43. The Morgan fingerprint density at radius 1 is 1.28 bits per heavy atom. The number of H-pyrrole nitrogens is 1. The van der Waals surface area contributed by atoms with Crippen molar-refractivity contribution >= 4 is 11.8 Å². The first-order valence-corrected chi connectivity index (χ1v) is 5.54. The summed E-state index contributed by atoms with van der Waals surface area (Å²) in [4.78, 5) is 30.3. The molecule has 92 valence electrons. The second-order valence-electron chi connectivity index (χ2n) is 3.54. The van der Waals surface area contributed by atoms with E-state index in [0.29, 0.717) is 5.56 Å². The molecule has 0 fully saturated rings. The third kappa shape index (κ3) is 2.29. The Morgan fingerprint density at radius 2 is 2.00 bits per heavy atom. The molecule has 5 nitrogen and oxygen atoms in total. The normalized spacial score (nSPS) is 10.1. The summed E-state index contributed by atoms with van der Waals surface area (Å²) in [6.07, 6.45) is 1.31. The predicted molar refractivity (Wildman–Crippen MR) is 64.4 cm³/mol. The second-order valence-corrected chi connectivity index (χ2v) is 3.54. The van der Waals surface area contributed by atoms with Gasteiger partial charge in [-0.05, 0) is 6.92 Å². The van der Waals surface area contributed by atoms with Crippen LogP contribution in [0, 0.1) is 0 Å². The molecule has 2 aromatic rings. The van der Waals surface area contributed by atoms with E-state index < -0.39 is 5.97 Å². The number of ether oxygens (including phenoxy) is 1. The molecule has 0 aliphatic rings. The number of hydrogen-bond acceptors (Lipinski definition) is 4. The number of carbonyl (C=O) groups is 2. The number of aromatic amines is 1. The van der Waals surface area contributed by atoms with E-state index in [1.165, 1.54) is 6.33 Å². The van der Waals surface area contributed by atoms with E-state index in [4.69, 9.17) is 4.74 Å². The molecule has 0 spiro atoms. The monoisotopic (exact) mass is 244 g/mol. The average Bonchev–Trinajstić information content (AvgIpc) is 2.88. The fraction of sp³-hybridized carbons (Fsp3) is 0.154. The van der Waals surface area contributed by atoms with Crippen LogP contribution in [0.25, 0.3) is 0 Å². The van der Waals surface area contributed by atoms with Gasteiger partial charge < -0.3 is 9.72 Å². The molecule has 0 bridgehead atoms. The number of carbonyl (C=O) groups excluding carboxylic acids is 2. The molecule has 0 unspecified atom stereocenters. The van der Waals surface area contributed by atoms with Gasteiger partial charge in [-0.25, -0.2) is 9.78 Å². The summed E-state index contributed by atoms with van der Waals surface area (Å²) in [6, 6.07) is 8.67. The molecule has 1 N–H and O–H groups in total. The first kappa shape index (κ1) is 12.0. The Kier molecular flexibility index (Phi) is 3.52. The largest absolute Gasteiger partial charge is 0.461 e. The molecule has 2 rings (SSSR count). The van der Waals surface area contributed by atoms with Crippen LogP contribution >= 0.6 is 0 Å². The van der Waals surface area contributed by atoms with Crippen molar-refractivity contribution in [1.82, 2.24) is 9.97 Å². The molecule has 18 heavy (non-hydrogen) atoms. The van der Waals surface area contributed by atoms with Gasteiger partial charge in [-0.2, -0.15) is 0 Å². The van der Waals surface area contributed by atoms with Gasteiger partial charge in [0, 0.05) is 5.56 Å². The number of nitrogens with one attached hydrogen (secondary N) is 1. The maximum absolute atomic E-state index is 12.1. The smallest absolute Gasteiger partial charge is 0.357 e. The van der Waals surface area contributed by atoms with E-state index in [-0.39, 0.29) is 23.8 Å². The summed E-state index contributed by atoms with van der Waals surface area (Å²) < 4.78 is 4.85. The molecule has 0 saturated carbocycles. The summed E-state index contributed by atoms with van der Waals surface area (Å²) in [7, 11) is 0. The van der Waals surface area contributed by atoms with E-state index in [1.807, 2.05) is 6.07 Å². The van der Waals surface area contributed by atoms with Crippen molar-refractivity contribution in [1.29, 1.82) is 0 Å². The van der Waals surface area contributed by atoms with Gasteiger partial charge in [-0.3, -0.25) is 4.79 Å². The number of imidazole rings is 1. The number of nitrogens with zero attached hydrogens (tertiary/aromatic N) is 1. The van der Waals surface area contributed by atoms with E-state index >= 15 is 0 Å². The second kappa shape index (κ2) is 5.27. The van der Waals surface area contributed by atoms with E-state index in [9.17, 15) is 9.59 Å². The number of hydrogen-bond donors (Lipinski definition) is 1. The van der Waals surface area contributed by atoms with Crippen molar-refractivity contribution in [2.45, 2.75) is 6.92 Å². The minimum Gasteiger partial charge on any atom is -0.461 e. The third-order valence-electron chi connectivity index (χ3n) is 2.37. The van der Waals surface area contributed by atoms with Gasteiger partial charge in [0.15, 0.2) is 5.69 Å². The number of esters is 1. The molecule has 0 aliphatic carbocycles. The number of benzene rings is 1. The highest BCUT2D eigenvalue weighted by atomic mass is 16.5. The average molecular weight is 244 g/mol. The van der Waals surface area contributed by atoms with Crippen LogP contribution in [0.4, 0.5) is 0 Å². The molecule has 1 aromatic heterocycles. The van der Waals surface area contributed by atoms with Crippen molar-refractivity contribution in [3.05, 3.63) is 53.6 Å². The topological polar surface area (TPSA) is 72.1 Å². The zero-order valence-corrected chi connectivity index (χ0v) is 9.84. The zero-order chi connectivity index (χ0) is 13.0. The molecule has 0 atom stereocenters. The first-order valence-electron chi connectivity index (χ1n) is 5.54. The molecular weight excluding hydrogens is 232 g/mol. The predicted octanol–water partition coefficient (Wildman–Crippen LogP) is 1.82. The van der Waals surface area contributed by atoms with Gasteiger partial charge in [-0.15, -0.1) is 0 Å². The summed E-state index contributed by atoms with van der Waals surface area (Å²) >= 11 is 0. The molecule has 0 aliphatic heterocycles. The van der Waals surface area contributed by atoms with Crippen LogP contribution in [0.5, 0.6) is 0 Å².